The molecule has 2 aliphatic carbocycles. The molecule has 34 heavy (non-hydrogen) atoms. The maximum atomic E-state index is 12.0. The lowest BCUT2D eigenvalue weighted by atomic mass is 9.72. The average Bonchev–Trinajstić information content (AvgIpc) is 3.30. The van der Waals surface area contributed by atoms with E-state index < -0.39 is 10.2 Å². The van der Waals surface area contributed by atoms with E-state index in [0.717, 1.165) is 32.2 Å². The monoisotopic (exact) mass is 481 g/mol. The van der Waals surface area contributed by atoms with Crippen LogP contribution in [0.25, 0.3) is 5.57 Å². The SMILES string of the molecule is CCCCCCC1=C(c2ccccc2)[C@]2(CN(C)c3ccccc3)CC[C@H](NS(N)(=O)=O)[C@@H]2C1. The number of fused-ring (bicyclic) bond motifs is 1. The molecule has 0 bridgehead atoms. The third kappa shape index (κ3) is 5.40. The van der Waals surface area contributed by atoms with Gasteiger partial charge in [0.2, 0.25) is 0 Å². The first-order valence-corrected chi connectivity index (χ1v) is 14.2. The Balaban J connectivity index is 1.75. The second kappa shape index (κ2) is 10.6. The zero-order valence-electron chi connectivity index (χ0n) is 20.5. The van der Waals surface area contributed by atoms with Crippen LogP contribution in [-0.2, 0) is 10.2 Å². The number of hydrogen-bond acceptors (Lipinski definition) is 3. The molecular weight excluding hydrogens is 442 g/mol. The molecule has 6 heteroatoms. The van der Waals surface area contributed by atoms with Crippen LogP contribution in [0.4, 0.5) is 5.69 Å². The zero-order chi connectivity index (χ0) is 24.2. The molecule has 5 nitrogen and oxygen atoms in total. The number of allylic oxidation sites excluding steroid dienone is 1. The minimum absolute atomic E-state index is 0.117. The number of unbranched alkanes of at least 4 members (excludes halogenated alkanes) is 3. The molecule has 0 amide bonds. The Labute approximate surface area is 205 Å². The standard InChI is InChI=1S/C28H39N3O2S/c1-3-4-5-8-15-23-20-25-26(30-34(29,32)33)18-19-28(25,27(23)22-13-9-6-10-14-22)21-31(2)24-16-11-7-12-17-24/h6-7,9-14,16-17,25-26,30H,3-5,8,15,18-21H2,1-2H3,(H2,29,32,33)/t25-,26-,28-/m0/s1. The van der Waals surface area contributed by atoms with Crippen molar-refractivity contribution < 1.29 is 8.42 Å². The van der Waals surface area contributed by atoms with Crippen molar-refractivity contribution in [2.45, 2.75) is 64.3 Å². The minimum atomic E-state index is -3.76. The fraction of sp³-hybridized carbons (Fsp3) is 0.500. The Morgan fingerprint density at radius 1 is 1.03 bits per heavy atom. The van der Waals surface area contributed by atoms with Gasteiger partial charge in [-0.1, -0.05) is 80.3 Å². The van der Waals surface area contributed by atoms with Crippen molar-refractivity contribution in [3.63, 3.8) is 0 Å². The molecule has 2 aromatic carbocycles. The molecule has 0 aromatic heterocycles. The van der Waals surface area contributed by atoms with Crippen LogP contribution in [0.2, 0.25) is 0 Å². The topological polar surface area (TPSA) is 75.4 Å². The predicted octanol–water partition coefficient (Wildman–Crippen LogP) is 5.51. The van der Waals surface area contributed by atoms with Crippen LogP contribution >= 0.6 is 0 Å². The van der Waals surface area contributed by atoms with Crippen molar-refractivity contribution in [2.24, 2.45) is 16.5 Å². The summed E-state index contributed by atoms with van der Waals surface area (Å²) in [6, 6.07) is 21.1. The Kier molecular flexibility index (Phi) is 7.80. The van der Waals surface area contributed by atoms with Crippen LogP contribution < -0.4 is 14.8 Å². The third-order valence-electron chi connectivity index (χ3n) is 7.84. The number of hydrogen-bond donors (Lipinski definition) is 2. The number of nitrogens with one attached hydrogen (secondary N) is 1. The van der Waals surface area contributed by atoms with E-state index in [1.807, 2.05) is 6.07 Å². The average molecular weight is 482 g/mol. The smallest absolute Gasteiger partial charge is 0.274 e. The summed E-state index contributed by atoms with van der Waals surface area (Å²) in [4.78, 5) is 2.34. The highest BCUT2D eigenvalue weighted by Gasteiger charge is 2.56. The van der Waals surface area contributed by atoms with Crippen LogP contribution in [0.3, 0.4) is 0 Å². The van der Waals surface area contributed by atoms with E-state index in [1.165, 1.54) is 48.1 Å². The summed E-state index contributed by atoms with van der Waals surface area (Å²) in [7, 11) is -1.60. The van der Waals surface area contributed by atoms with Crippen molar-refractivity contribution in [1.29, 1.82) is 0 Å². The van der Waals surface area contributed by atoms with Crippen LogP contribution in [0.5, 0.6) is 0 Å². The van der Waals surface area contributed by atoms with Gasteiger partial charge in [-0.05, 0) is 61.3 Å². The van der Waals surface area contributed by atoms with Crippen LogP contribution in [-0.4, -0.2) is 28.1 Å². The molecule has 3 N–H and O–H groups in total. The molecular formula is C28H39N3O2S. The molecule has 0 aliphatic heterocycles. The molecule has 0 radical (unpaired) electrons. The Hall–Kier alpha value is -2.15. The molecule has 4 rings (SSSR count). The fourth-order valence-corrected chi connectivity index (χ4v) is 7.17. The van der Waals surface area contributed by atoms with Crippen LogP contribution in [0.15, 0.2) is 66.2 Å². The van der Waals surface area contributed by atoms with Crippen LogP contribution in [0.1, 0.15) is 63.9 Å². The first-order valence-electron chi connectivity index (χ1n) is 12.7. The third-order valence-corrected chi connectivity index (χ3v) is 8.47. The lowest BCUT2D eigenvalue weighted by molar-refractivity contribution is 0.291. The van der Waals surface area contributed by atoms with Gasteiger partial charge in [0.15, 0.2) is 0 Å². The normalized spacial score (nSPS) is 24.4. The van der Waals surface area contributed by atoms with Crippen LogP contribution in [0, 0.1) is 11.3 Å². The fourth-order valence-electron chi connectivity index (χ4n) is 6.47. The van der Waals surface area contributed by atoms with Crippen molar-refractivity contribution in [3.8, 4) is 0 Å². The van der Waals surface area contributed by atoms with Gasteiger partial charge in [-0.15, -0.1) is 0 Å². The Morgan fingerprint density at radius 2 is 1.71 bits per heavy atom. The van der Waals surface area contributed by atoms with E-state index in [9.17, 15) is 8.42 Å². The molecule has 0 unspecified atom stereocenters. The van der Waals surface area contributed by atoms with Gasteiger partial charge in [0, 0.05) is 30.7 Å². The highest BCUT2D eigenvalue weighted by molar-refractivity contribution is 7.87. The van der Waals surface area contributed by atoms with Crippen molar-refractivity contribution in [1.82, 2.24) is 4.72 Å². The maximum absolute atomic E-state index is 12.0. The molecule has 184 valence electrons. The molecule has 1 saturated carbocycles. The molecule has 0 saturated heterocycles. The van der Waals surface area contributed by atoms with Gasteiger partial charge in [-0.2, -0.15) is 13.1 Å². The summed E-state index contributed by atoms with van der Waals surface area (Å²) in [5.41, 5.74) is 5.32. The molecule has 0 spiro atoms. The van der Waals surface area contributed by atoms with Gasteiger partial charge in [-0.25, -0.2) is 5.14 Å². The molecule has 2 aliphatic rings. The molecule has 3 atom stereocenters. The zero-order valence-corrected chi connectivity index (χ0v) is 21.4. The van der Waals surface area contributed by atoms with E-state index in [0.29, 0.717) is 0 Å². The van der Waals surface area contributed by atoms with Gasteiger partial charge < -0.3 is 4.90 Å². The quantitative estimate of drug-likeness (QED) is 0.416. The van der Waals surface area contributed by atoms with Crippen molar-refractivity contribution >= 4 is 21.5 Å². The van der Waals surface area contributed by atoms with Gasteiger partial charge >= 0.3 is 0 Å². The first kappa shape index (κ1) is 25.0. The van der Waals surface area contributed by atoms with E-state index >= 15 is 0 Å². The summed E-state index contributed by atoms with van der Waals surface area (Å²) < 4.78 is 26.9. The second-order valence-electron chi connectivity index (χ2n) is 10.1. The van der Waals surface area contributed by atoms with E-state index in [4.69, 9.17) is 5.14 Å². The number of nitrogens with zero attached hydrogens (tertiary/aromatic N) is 1. The van der Waals surface area contributed by atoms with Gasteiger partial charge in [-0.3, -0.25) is 0 Å². The van der Waals surface area contributed by atoms with Gasteiger partial charge in [0.05, 0.1) is 0 Å². The first-order chi connectivity index (χ1) is 16.3. The van der Waals surface area contributed by atoms with Crippen molar-refractivity contribution in [2.75, 3.05) is 18.5 Å². The molecule has 2 aromatic rings. The predicted molar refractivity (Wildman–Crippen MR) is 142 cm³/mol. The number of nitrogens with two attached hydrogens (primary N) is 1. The number of para-hydroxylation sites is 1. The van der Waals surface area contributed by atoms with Gasteiger partial charge in [0.25, 0.3) is 10.2 Å². The number of rotatable bonds is 11. The Morgan fingerprint density at radius 3 is 2.35 bits per heavy atom. The number of anilines is 1. The largest absolute Gasteiger partial charge is 0.374 e. The molecule has 0 heterocycles. The highest BCUT2D eigenvalue weighted by atomic mass is 32.2. The summed E-state index contributed by atoms with van der Waals surface area (Å²) in [5.74, 6) is 0.202. The van der Waals surface area contributed by atoms with E-state index in [2.05, 4.69) is 78.2 Å². The highest BCUT2D eigenvalue weighted by Crippen LogP contribution is 2.61. The lowest BCUT2D eigenvalue weighted by Crippen LogP contribution is -2.45. The van der Waals surface area contributed by atoms with Crippen molar-refractivity contribution in [3.05, 3.63) is 71.8 Å². The Bertz CT molecular complexity index is 1090. The summed E-state index contributed by atoms with van der Waals surface area (Å²) in [5, 5.41) is 5.46. The van der Waals surface area contributed by atoms with E-state index in [-0.39, 0.29) is 17.4 Å². The number of benzene rings is 2. The molecule has 1 fully saturated rings. The minimum Gasteiger partial charge on any atom is -0.374 e. The second-order valence-corrected chi connectivity index (χ2v) is 11.4. The summed E-state index contributed by atoms with van der Waals surface area (Å²) in [6.45, 7) is 3.10. The van der Waals surface area contributed by atoms with Gasteiger partial charge in [0.1, 0.15) is 0 Å². The maximum Gasteiger partial charge on any atom is 0.274 e. The summed E-state index contributed by atoms with van der Waals surface area (Å²) in [6.07, 6.45) is 8.68. The summed E-state index contributed by atoms with van der Waals surface area (Å²) >= 11 is 0. The lowest BCUT2D eigenvalue weighted by Gasteiger charge is -2.39. The van der Waals surface area contributed by atoms with E-state index in [1.54, 1.807) is 0 Å².